The topological polar surface area (TPSA) is 54.0 Å². The van der Waals surface area contributed by atoms with Gasteiger partial charge in [-0.3, -0.25) is 19.0 Å². The van der Waals surface area contributed by atoms with Crippen molar-refractivity contribution in [1.82, 2.24) is 19.2 Å². The third kappa shape index (κ3) is 3.21. The smallest absolute Gasteiger partial charge is 0.258 e. The van der Waals surface area contributed by atoms with Gasteiger partial charge in [-0.1, -0.05) is 0 Å². The minimum atomic E-state index is 0.00250. The van der Waals surface area contributed by atoms with E-state index in [-0.39, 0.29) is 5.56 Å². The van der Waals surface area contributed by atoms with E-state index in [1.165, 1.54) is 11.3 Å². The Morgan fingerprint density at radius 3 is 2.70 bits per heavy atom. The van der Waals surface area contributed by atoms with Crippen molar-refractivity contribution in [3.63, 3.8) is 0 Å². The zero-order chi connectivity index (χ0) is 15.6. The van der Waals surface area contributed by atoms with Gasteiger partial charge >= 0.3 is 0 Å². The van der Waals surface area contributed by atoms with Crippen molar-refractivity contribution in [2.75, 3.05) is 26.2 Å². The molecule has 6 nitrogen and oxygen atoms in total. The van der Waals surface area contributed by atoms with Gasteiger partial charge in [-0.15, -0.1) is 11.3 Å². The summed E-state index contributed by atoms with van der Waals surface area (Å²) in [6, 6.07) is 5.59. The Hall–Kier alpha value is -1.96. The standard InChI is InChI=1S/C16H18N4O2S/c21-15-10-13(17-16-20(15)7-9-23-16)11-18-3-5-19(6-4-18)12-14-2-1-8-22-14/h1-2,7-10H,3-6,11-12H2. The molecule has 0 aliphatic carbocycles. The van der Waals surface area contributed by atoms with Crippen molar-refractivity contribution in [3.05, 3.63) is 57.8 Å². The molecule has 0 N–H and O–H groups in total. The largest absolute Gasteiger partial charge is 0.468 e. The zero-order valence-corrected chi connectivity index (χ0v) is 13.5. The summed E-state index contributed by atoms with van der Waals surface area (Å²) in [5.41, 5.74) is 0.861. The van der Waals surface area contributed by atoms with Crippen LogP contribution in [-0.2, 0) is 13.1 Å². The molecule has 3 aromatic heterocycles. The Labute approximate surface area is 137 Å². The molecule has 3 aromatic rings. The van der Waals surface area contributed by atoms with Crippen LogP contribution < -0.4 is 5.56 Å². The summed E-state index contributed by atoms with van der Waals surface area (Å²) in [5.74, 6) is 1.01. The summed E-state index contributed by atoms with van der Waals surface area (Å²) in [7, 11) is 0. The summed E-state index contributed by atoms with van der Waals surface area (Å²) in [4.78, 5) is 22.1. The molecule has 4 heterocycles. The minimum absolute atomic E-state index is 0.00250. The Bertz CT molecular complexity index is 831. The van der Waals surface area contributed by atoms with Crippen LogP contribution in [0.3, 0.4) is 0 Å². The van der Waals surface area contributed by atoms with Crippen molar-refractivity contribution < 1.29 is 4.42 Å². The van der Waals surface area contributed by atoms with Gasteiger partial charge in [0.2, 0.25) is 0 Å². The van der Waals surface area contributed by atoms with Gasteiger partial charge < -0.3 is 4.42 Å². The predicted octanol–water partition coefficient (Wildman–Crippen LogP) is 1.67. The molecule has 1 fully saturated rings. The molecule has 0 saturated carbocycles. The van der Waals surface area contributed by atoms with Gasteiger partial charge in [-0.2, -0.15) is 0 Å². The van der Waals surface area contributed by atoms with Crippen LogP contribution in [0, 0.1) is 0 Å². The van der Waals surface area contributed by atoms with Crippen molar-refractivity contribution in [2.45, 2.75) is 13.1 Å². The molecule has 1 aliphatic rings. The number of rotatable bonds is 4. The second-order valence-electron chi connectivity index (χ2n) is 5.77. The Morgan fingerprint density at radius 2 is 1.96 bits per heavy atom. The number of hydrogen-bond acceptors (Lipinski definition) is 6. The molecule has 0 amide bonds. The van der Waals surface area contributed by atoms with Crippen LogP contribution in [0.1, 0.15) is 11.5 Å². The molecule has 0 radical (unpaired) electrons. The third-order valence-corrected chi connectivity index (χ3v) is 4.92. The molecule has 0 aromatic carbocycles. The molecule has 0 spiro atoms. The number of aromatic nitrogens is 2. The molecule has 0 bridgehead atoms. The lowest BCUT2D eigenvalue weighted by atomic mass is 10.2. The second kappa shape index (κ2) is 6.27. The van der Waals surface area contributed by atoms with Crippen molar-refractivity contribution in [1.29, 1.82) is 0 Å². The van der Waals surface area contributed by atoms with E-state index in [1.807, 2.05) is 17.5 Å². The summed E-state index contributed by atoms with van der Waals surface area (Å²) in [5, 5.41) is 1.89. The molecule has 7 heteroatoms. The fraction of sp³-hybridized carbons (Fsp3) is 0.375. The number of thiazole rings is 1. The summed E-state index contributed by atoms with van der Waals surface area (Å²) < 4.78 is 7.00. The van der Waals surface area contributed by atoms with E-state index in [1.54, 1.807) is 22.9 Å². The summed E-state index contributed by atoms with van der Waals surface area (Å²) in [6.07, 6.45) is 3.49. The quantitative estimate of drug-likeness (QED) is 0.728. The molecule has 1 aliphatic heterocycles. The van der Waals surface area contributed by atoms with Crippen molar-refractivity contribution in [2.24, 2.45) is 0 Å². The number of hydrogen-bond donors (Lipinski definition) is 0. The molecule has 1 saturated heterocycles. The maximum Gasteiger partial charge on any atom is 0.258 e. The molecular weight excluding hydrogens is 312 g/mol. The minimum Gasteiger partial charge on any atom is -0.468 e. The Balaban J connectivity index is 1.37. The maximum atomic E-state index is 12.0. The van der Waals surface area contributed by atoms with E-state index in [4.69, 9.17) is 4.42 Å². The molecular formula is C16H18N4O2S. The average molecular weight is 330 g/mol. The van der Waals surface area contributed by atoms with Gasteiger partial charge in [0.1, 0.15) is 5.76 Å². The first-order valence-electron chi connectivity index (χ1n) is 7.71. The highest BCUT2D eigenvalue weighted by Crippen LogP contribution is 2.12. The molecule has 0 atom stereocenters. The van der Waals surface area contributed by atoms with Crippen molar-refractivity contribution in [3.8, 4) is 0 Å². The Kier molecular flexibility index (Phi) is 3.99. The third-order valence-electron chi connectivity index (χ3n) is 4.17. The van der Waals surface area contributed by atoms with Gasteiger partial charge in [0.25, 0.3) is 5.56 Å². The molecule has 0 unspecified atom stereocenters. The lowest BCUT2D eigenvalue weighted by molar-refractivity contribution is 0.115. The van der Waals surface area contributed by atoms with E-state index < -0.39 is 0 Å². The van der Waals surface area contributed by atoms with Gasteiger partial charge in [-0.05, 0) is 12.1 Å². The van der Waals surface area contributed by atoms with Crippen LogP contribution in [0.5, 0.6) is 0 Å². The van der Waals surface area contributed by atoms with Gasteiger partial charge in [0.15, 0.2) is 4.96 Å². The maximum absolute atomic E-state index is 12.0. The van der Waals surface area contributed by atoms with Crippen LogP contribution >= 0.6 is 11.3 Å². The number of piperazine rings is 1. The van der Waals surface area contributed by atoms with Gasteiger partial charge in [-0.25, -0.2) is 4.98 Å². The van der Waals surface area contributed by atoms with Crippen LogP contribution in [0.4, 0.5) is 0 Å². The van der Waals surface area contributed by atoms with Crippen LogP contribution in [-0.4, -0.2) is 45.4 Å². The summed E-state index contributed by atoms with van der Waals surface area (Å²) in [6.45, 7) is 5.56. The van der Waals surface area contributed by atoms with Gasteiger partial charge in [0.05, 0.1) is 18.5 Å². The fourth-order valence-electron chi connectivity index (χ4n) is 2.93. The lowest BCUT2D eigenvalue weighted by Gasteiger charge is -2.33. The number of fused-ring (bicyclic) bond motifs is 1. The van der Waals surface area contributed by atoms with E-state index >= 15 is 0 Å². The van der Waals surface area contributed by atoms with Crippen LogP contribution in [0.15, 0.2) is 45.3 Å². The average Bonchev–Trinajstić information content (AvgIpc) is 3.21. The van der Waals surface area contributed by atoms with E-state index in [2.05, 4.69) is 14.8 Å². The fourth-order valence-corrected chi connectivity index (χ4v) is 3.67. The summed E-state index contributed by atoms with van der Waals surface area (Å²) >= 11 is 1.49. The van der Waals surface area contributed by atoms with Gasteiger partial charge in [0, 0.05) is 50.4 Å². The zero-order valence-electron chi connectivity index (χ0n) is 12.7. The lowest BCUT2D eigenvalue weighted by Crippen LogP contribution is -2.45. The van der Waals surface area contributed by atoms with E-state index in [9.17, 15) is 4.79 Å². The first-order valence-corrected chi connectivity index (χ1v) is 8.59. The van der Waals surface area contributed by atoms with Crippen molar-refractivity contribution >= 4 is 16.3 Å². The van der Waals surface area contributed by atoms with Crippen LogP contribution in [0.25, 0.3) is 4.96 Å². The normalized spacial score (nSPS) is 17.0. The first kappa shape index (κ1) is 14.6. The predicted molar refractivity (Wildman–Crippen MR) is 88.6 cm³/mol. The number of furan rings is 1. The highest BCUT2D eigenvalue weighted by atomic mass is 32.1. The van der Waals surface area contributed by atoms with E-state index in [0.717, 1.165) is 55.7 Å². The first-order chi connectivity index (χ1) is 11.3. The molecule has 120 valence electrons. The van der Waals surface area contributed by atoms with Crippen LogP contribution in [0.2, 0.25) is 0 Å². The number of nitrogens with zero attached hydrogens (tertiary/aromatic N) is 4. The SMILES string of the molecule is O=c1cc(CN2CCN(Cc3ccco3)CC2)nc2sccn12. The highest BCUT2D eigenvalue weighted by molar-refractivity contribution is 7.15. The van der Waals surface area contributed by atoms with E-state index in [0.29, 0.717) is 0 Å². The molecule has 4 rings (SSSR count). The monoisotopic (exact) mass is 330 g/mol. The second-order valence-corrected chi connectivity index (χ2v) is 6.65. The highest BCUT2D eigenvalue weighted by Gasteiger charge is 2.18. The molecule has 23 heavy (non-hydrogen) atoms. The Morgan fingerprint density at radius 1 is 1.17 bits per heavy atom.